The maximum absolute atomic E-state index is 13.0. The minimum atomic E-state index is -1.04. The molecule has 0 aliphatic heterocycles. The second-order valence-electron chi connectivity index (χ2n) is 6.55. The average molecular weight is 363 g/mol. The van der Waals surface area contributed by atoms with E-state index in [1.54, 1.807) is 6.07 Å². The van der Waals surface area contributed by atoms with Crippen molar-refractivity contribution < 1.29 is 9.18 Å². The summed E-state index contributed by atoms with van der Waals surface area (Å²) in [5.41, 5.74) is 3.21. The minimum absolute atomic E-state index is 0.0121. The number of carbonyl (C=O) groups is 1. The highest BCUT2D eigenvalue weighted by atomic mass is 19.1. The Labute approximate surface area is 155 Å². The molecule has 0 saturated carbocycles. The summed E-state index contributed by atoms with van der Waals surface area (Å²) < 4.78 is 13.0. The van der Waals surface area contributed by atoms with E-state index in [2.05, 4.69) is 10.3 Å². The summed E-state index contributed by atoms with van der Waals surface area (Å²) in [6.45, 7) is 3.88. The van der Waals surface area contributed by atoms with Crippen molar-refractivity contribution in [3.8, 4) is 6.07 Å². The molecule has 1 unspecified atom stereocenters. The number of aromatic amines is 1. The monoisotopic (exact) mass is 363 g/mol. The Kier molecular flexibility index (Phi) is 5.04. The highest BCUT2D eigenvalue weighted by Crippen LogP contribution is 2.19. The number of benzene rings is 2. The van der Waals surface area contributed by atoms with Crippen LogP contribution in [0.5, 0.6) is 0 Å². The predicted molar refractivity (Wildman–Crippen MR) is 102 cm³/mol. The van der Waals surface area contributed by atoms with Gasteiger partial charge in [-0.2, -0.15) is 5.26 Å². The Bertz CT molecular complexity index is 1110. The number of aromatic nitrogens is 1. The van der Waals surface area contributed by atoms with Crippen molar-refractivity contribution >= 4 is 22.5 Å². The first-order valence-corrected chi connectivity index (χ1v) is 8.46. The molecule has 2 aromatic carbocycles. The van der Waals surface area contributed by atoms with Gasteiger partial charge in [-0.25, -0.2) is 4.39 Å². The molecule has 0 aliphatic rings. The zero-order chi connectivity index (χ0) is 19.6. The lowest BCUT2D eigenvalue weighted by molar-refractivity contribution is -0.118. The smallest absolute Gasteiger partial charge is 0.251 e. The summed E-state index contributed by atoms with van der Waals surface area (Å²) in [6, 6.07) is 12.9. The second kappa shape index (κ2) is 7.42. The van der Waals surface area contributed by atoms with Crippen molar-refractivity contribution in [3.05, 3.63) is 75.3 Å². The zero-order valence-corrected chi connectivity index (χ0v) is 15.0. The van der Waals surface area contributed by atoms with Gasteiger partial charge in [-0.15, -0.1) is 0 Å². The molecular formula is C21H18FN3O2. The number of nitrogens with one attached hydrogen (secondary N) is 2. The Balaban J connectivity index is 1.86. The lowest BCUT2D eigenvalue weighted by atomic mass is 9.98. The van der Waals surface area contributed by atoms with Crippen molar-refractivity contribution in [2.45, 2.75) is 20.3 Å². The van der Waals surface area contributed by atoms with Gasteiger partial charge in [0.25, 0.3) is 5.56 Å². The molecule has 0 radical (unpaired) electrons. The molecule has 2 N–H and O–H groups in total. The molecule has 1 aromatic heterocycles. The van der Waals surface area contributed by atoms with Crippen molar-refractivity contribution in [2.75, 3.05) is 5.32 Å². The molecule has 0 aliphatic carbocycles. The first-order valence-electron chi connectivity index (χ1n) is 8.46. The van der Waals surface area contributed by atoms with Crippen LogP contribution in [0.15, 0.2) is 47.3 Å². The van der Waals surface area contributed by atoms with Crippen LogP contribution in [0, 0.1) is 36.9 Å². The van der Waals surface area contributed by atoms with E-state index in [0.717, 1.165) is 22.0 Å². The van der Waals surface area contributed by atoms with Crippen molar-refractivity contribution in [2.24, 2.45) is 5.92 Å². The Hall–Kier alpha value is -3.46. The molecule has 6 heteroatoms. The van der Waals surface area contributed by atoms with E-state index in [4.69, 9.17) is 0 Å². The van der Waals surface area contributed by atoms with Gasteiger partial charge in [0.2, 0.25) is 5.91 Å². The van der Waals surface area contributed by atoms with Crippen molar-refractivity contribution in [3.63, 3.8) is 0 Å². The number of hydrogen-bond donors (Lipinski definition) is 2. The van der Waals surface area contributed by atoms with Crippen LogP contribution in [0.3, 0.4) is 0 Å². The van der Waals surface area contributed by atoms with Gasteiger partial charge in [-0.3, -0.25) is 9.59 Å². The number of anilines is 1. The molecule has 1 atom stereocenters. The van der Waals surface area contributed by atoms with Crippen LogP contribution in [0.25, 0.3) is 10.9 Å². The van der Waals surface area contributed by atoms with E-state index in [0.29, 0.717) is 11.3 Å². The molecule has 1 amide bonds. The van der Waals surface area contributed by atoms with E-state index in [-0.39, 0.29) is 12.0 Å². The molecule has 27 heavy (non-hydrogen) atoms. The van der Waals surface area contributed by atoms with E-state index in [1.165, 1.54) is 24.3 Å². The number of pyridine rings is 1. The van der Waals surface area contributed by atoms with Crippen molar-refractivity contribution in [1.82, 2.24) is 4.98 Å². The van der Waals surface area contributed by atoms with E-state index >= 15 is 0 Å². The number of rotatable bonds is 4. The summed E-state index contributed by atoms with van der Waals surface area (Å²) in [5, 5.41) is 12.8. The van der Waals surface area contributed by atoms with E-state index in [9.17, 15) is 19.2 Å². The fourth-order valence-electron chi connectivity index (χ4n) is 3.06. The van der Waals surface area contributed by atoms with Gasteiger partial charge in [0, 0.05) is 17.7 Å². The van der Waals surface area contributed by atoms with Crippen LogP contribution >= 0.6 is 0 Å². The van der Waals surface area contributed by atoms with Crippen LogP contribution in [0.2, 0.25) is 0 Å². The Morgan fingerprint density at radius 2 is 1.93 bits per heavy atom. The molecule has 0 spiro atoms. The largest absolute Gasteiger partial charge is 0.325 e. The first-order chi connectivity index (χ1) is 12.9. The lowest BCUT2D eigenvalue weighted by Gasteiger charge is -2.11. The van der Waals surface area contributed by atoms with Gasteiger partial charge in [-0.1, -0.05) is 11.6 Å². The van der Waals surface area contributed by atoms with Crippen LogP contribution in [0.4, 0.5) is 10.1 Å². The number of H-pyrrole nitrogens is 1. The summed E-state index contributed by atoms with van der Waals surface area (Å²) in [4.78, 5) is 27.6. The maximum atomic E-state index is 13.0. The number of halogens is 1. The van der Waals surface area contributed by atoms with Gasteiger partial charge in [0.1, 0.15) is 11.7 Å². The molecule has 0 saturated heterocycles. The standard InChI is InChI=1S/C21H18FN3O2/c1-12-7-13(2)19-14(8-12)9-15(20(26)25-19)10-16(11-23)21(27)24-18-5-3-17(22)4-6-18/h3-9,16H,10H2,1-2H3,(H,24,27)(H,25,26). The summed E-state index contributed by atoms with van der Waals surface area (Å²) in [6.07, 6.45) is -0.0121. The number of aryl methyl sites for hydroxylation is 2. The molecular weight excluding hydrogens is 345 g/mol. The summed E-state index contributed by atoms with van der Waals surface area (Å²) in [7, 11) is 0. The highest BCUT2D eigenvalue weighted by Gasteiger charge is 2.20. The van der Waals surface area contributed by atoms with Crippen LogP contribution in [0.1, 0.15) is 16.7 Å². The van der Waals surface area contributed by atoms with E-state index in [1.807, 2.05) is 32.0 Å². The highest BCUT2D eigenvalue weighted by molar-refractivity contribution is 5.94. The SMILES string of the molecule is Cc1cc(C)c2[nH]c(=O)c(CC(C#N)C(=O)Nc3ccc(F)cc3)cc2c1. The Morgan fingerprint density at radius 1 is 1.22 bits per heavy atom. The zero-order valence-electron chi connectivity index (χ0n) is 15.0. The van der Waals surface area contributed by atoms with Gasteiger partial charge in [0.15, 0.2) is 0 Å². The number of fused-ring (bicyclic) bond motifs is 1. The molecule has 0 bridgehead atoms. The third kappa shape index (κ3) is 4.04. The normalized spacial score (nSPS) is 11.8. The fraction of sp³-hybridized carbons (Fsp3) is 0.190. The number of hydrogen-bond acceptors (Lipinski definition) is 3. The second-order valence-corrected chi connectivity index (χ2v) is 6.55. The minimum Gasteiger partial charge on any atom is -0.325 e. The third-order valence-electron chi connectivity index (χ3n) is 4.38. The Morgan fingerprint density at radius 3 is 2.59 bits per heavy atom. The van der Waals surface area contributed by atoms with Crippen LogP contribution in [-0.2, 0) is 11.2 Å². The van der Waals surface area contributed by atoms with Gasteiger partial charge < -0.3 is 10.3 Å². The third-order valence-corrected chi connectivity index (χ3v) is 4.38. The maximum Gasteiger partial charge on any atom is 0.251 e. The number of amides is 1. The predicted octanol–water partition coefficient (Wildman–Crippen LogP) is 3.61. The van der Waals surface area contributed by atoms with Crippen LogP contribution in [-0.4, -0.2) is 10.9 Å². The number of nitrogens with zero attached hydrogens (tertiary/aromatic N) is 1. The van der Waals surface area contributed by atoms with Gasteiger partial charge in [-0.05, 0) is 61.2 Å². The van der Waals surface area contributed by atoms with Gasteiger partial charge in [0.05, 0.1) is 11.6 Å². The van der Waals surface area contributed by atoms with Crippen molar-refractivity contribution in [1.29, 1.82) is 5.26 Å². The fourth-order valence-corrected chi connectivity index (χ4v) is 3.06. The quantitative estimate of drug-likeness (QED) is 0.742. The summed E-state index contributed by atoms with van der Waals surface area (Å²) >= 11 is 0. The molecule has 3 rings (SSSR count). The number of carbonyl (C=O) groups excluding carboxylic acids is 1. The number of nitriles is 1. The summed E-state index contributed by atoms with van der Waals surface area (Å²) in [5.74, 6) is -2.00. The average Bonchev–Trinajstić information content (AvgIpc) is 2.62. The lowest BCUT2D eigenvalue weighted by Crippen LogP contribution is -2.26. The molecule has 3 aromatic rings. The molecule has 1 heterocycles. The topological polar surface area (TPSA) is 85.8 Å². The molecule has 5 nitrogen and oxygen atoms in total. The van der Waals surface area contributed by atoms with Crippen LogP contribution < -0.4 is 10.9 Å². The first kappa shape index (κ1) is 18.3. The molecule has 136 valence electrons. The molecule has 0 fully saturated rings. The van der Waals surface area contributed by atoms with Gasteiger partial charge >= 0.3 is 0 Å². The van der Waals surface area contributed by atoms with E-state index < -0.39 is 17.6 Å².